The molecule has 172 valence electrons. The topological polar surface area (TPSA) is 77.3 Å². The molecule has 2 atom stereocenters. The third kappa shape index (κ3) is 4.96. The van der Waals surface area contributed by atoms with Gasteiger partial charge in [0.05, 0.1) is 30.2 Å². The Morgan fingerprint density at radius 1 is 1.39 bits per heavy atom. The van der Waals surface area contributed by atoms with Crippen LogP contribution in [0.5, 0.6) is 0 Å². The zero-order valence-electron chi connectivity index (χ0n) is 17.4. The highest BCUT2D eigenvalue weighted by atomic mass is 32.2. The Bertz CT molecular complexity index is 1050. The van der Waals surface area contributed by atoms with Crippen molar-refractivity contribution in [1.29, 1.82) is 0 Å². The van der Waals surface area contributed by atoms with E-state index in [4.69, 9.17) is 4.74 Å². The van der Waals surface area contributed by atoms with Crippen molar-refractivity contribution in [2.24, 2.45) is 0 Å². The van der Waals surface area contributed by atoms with Gasteiger partial charge in [-0.3, -0.25) is 9.58 Å². The molecule has 0 amide bonds. The Labute approximate surface area is 183 Å². The number of thiophene rings is 1. The smallest absolute Gasteiger partial charge is 0.370 e. The summed E-state index contributed by atoms with van der Waals surface area (Å²) in [6, 6.07) is 1.37. The van der Waals surface area contributed by atoms with E-state index >= 15 is 0 Å². The Morgan fingerprint density at radius 2 is 2.16 bits per heavy atom. The summed E-state index contributed by atoms with van der Waals surface area (Å²) >= 11 is 0.841. The van der Waals surface area contributed by atoms with Crippen molar-refractivity contribution in [3.05, 3.63) is 33.3 Å². The molecule has 1 spiro atoms. The third-order valence-corrected chi connectivity index (χ3v) is 8.14. The lowest BCUT2D eigenvalue weighted by Crippen LogP contribution is -2.50. The number of piperidine rings is 1. The number of likely N-dealkylation sites (tertiary alicyclic amines) is 1. The summed E-state index contributed by atoms with van der Waals surface area (Å²) < 4.78 is 70.0. The van der Waals surface area contributed by atoms with Gasteiger partial charge in [0.2, 0.25) is 0 Å². The predicted molar refractivity (Wildman–Crippen MR) is 109 cm³/mol. The van der Waals surface area contributed by atoms with Gasteiger partial charge in [-0.2, -0.15) is 13.2 Å². The van der Waals surface area contributed by atoms with Crippen LogP contribution >= 0.6 is 11.3 Å². The Kier molecular flexibility index (Phi) is 5.95. The second-order valence-electron chi connectivity index (χ2n) is 8.41. The molecule has 2 aromatic heterocycles. The van der Waals surface area contributed by atoms with E-state index in [0.717, 1.165) is 21.9 Å². The van der Waals surface area contributed by atoms with Crippen LogP contribution in [0.2, 0.25) is 0 Å². The molecule has 0 N–H and O–H groups in total. The lowest BCUT2D eigenvalue weighted by atomic mass is 9.79. The summed E-state index contributed by atoms with van der Waals surface area (Å²) in [5.74, 6) is -0.00133. The van der Waals surface area contributed by atoms with E-state index in [1.165, 1.54) is 17.0 Å². The van der Waals surface area contributed by atoms with E-state index in [2.05, 4.69) is 15.2 Å². The average Bonchev–Trinajstić information content (AvgIpc) is 3.29. The molecule has 1 saturated heterocycles. The van der Waals surface area contributed by atoms with Crippen molar-refractivity contribution in [2.45, 2.75) is 57.1 Å². The minimum Gasteiger partial charge on any atom is -0.370 e. The summed E-state index contributed by atoms with van der Waals surface area (Å²) in [6.45, 7) is 3.94. The van der Waals surface area contributed by atoms with Gasteiger partial charge in [0, 0.05) is 42.9 Å². The fourth-order valence-corrected chi connectivity index (χ4v) is 6.02. The SMILES string of the molecule is C[C@H]1C[C@@]2(CCN1Cc1cn(CCS(C)(=O)=O)nn1)OCCc1sc(C(F)(F)F)cc12. The Hall–Kier alpha value is -1.50. The molecular formula is C19H25F3N4O3S2. The first-order valence-corrected chi connectivity index (χ1v) is 13.0. The first-order valence-electron chi connectivity index (χ1n) is 10.1. The largest absolute Gasteiger partial charge is 0.425 e. The second-order valence-corrected chi connectivity index (χ2v) is 11.8. The van der Waals surface area contributed by atoms with E-state index in [1.807, 2.05) is 6.92 Å². The lowest BCUT2D eigenvalue weighted by Gasteiger charge is -2.47. The quantitative estimate of drug-likeness (QED) is 0.658. The van der Waals surface area contributed by atoms with Crippen LogP contribution in [0.3, 0.4) is 0 Å². The van der Waals surface area contributed by atoms with E-state index in [-0.39, 0.29) is 18.3 Å². The molecule has 4 heterocycles. The number of rotatable bonds is 5. The summed E-state index contributed by atoms with van der Waals surface area (Å²) in [7, 11) is -3.08. The van der Waals surface area contributed by atoms with Gasteiger partial charge < -0.3 is 4.74 Å². The maximum atomic E-state index is 13.2. The number of sulfone groups is 1. The minimum absolute atomic E-state index is 0.00133. The van der Waals surface area contributed by atoms with Gasteiger partial charge in [0.25, 0.3) is 0 Å². The van der Waals surface area contributed by atoms with Gasteiger partial charge in [-0.05, 0) is 31.4 Å². The van der Waals surface area contributed by atoms with Crippen LogP contribution in [-0.2, 0) is 45.9 Å². The van der Waals surface area contributed by atoms with Crippen LogP contribution in [0.4, 0.5) is 13.2 Å². The Balaban J connectivity index is 1.44. The number of hydrogen-bond donors (Lipinski definition) is 0. The van der Waals surface area contributed by atoms with E-state index < -0.39 is 26.5 Å². The molecule has 0 radical (unpaired) electrons. The highest BCUT2D eigenvalue weighted by Crippen LogP contribution is 2.48. The highest BCUT2D eigenvalue weighted by molar-refractivity contribution is 7.90. The van der Waals surface area contributed by atoms with E-state index in [9.17, 15) is 21.6 Å². The van der Waals surface area contributed by atoms with Gasteiger partial charge in [0.1, 0.15) is 14.7 Å². The van der Waals surface area contributed by atoms with Gasteiger partial charge in [0.15, 0.2) is 0 Å². The maximum absolute atomic E-state index is 13.2. The lowest BCUT2D eigenvalue weighted by molar-refractivity contribution is -0.134. The molecule has 0 unspecified atom stereocenters. The highest BCUT2D eigenvalue weighted by Gasteiger charge is 2.46. The van der Waals surface area contributed by atoms with Crippen molar-refractivity contribution in [1.82, 2.24) is 19.9 Å². The van der Waals surface area contributed by atoms with Crippen molar-refractivity contribution in [2.75, 3.05) is 25.2 Å². The molecule has 1 fully saturated rings. The number of alkyl halides is 3. The van der Waals surface area contributed by atoms with Gasteiger partial charge in [-0.25, -0.2) is 8.42 Å². The average molecular weight is 479 g/mol. The molecule has 31 heavy (non-hydrogen) atoms. The fourth-order valence-electron chi connectivity index (χ4n) is 4.41. The predicted octanol–water partition coefficient (Wildman–Crippen LogP) is 2.86. The molecule has 2 aliphatic heterocycles. The Morgan fingerprint density at radius 3 is 2.84 bits per heavy atom. The summed E-state index contributed by atoms with van der Waals surface area (Å²) in [6.07, 6.45) is 0.327. The number of halogens is 3. The molecule has 2 aliphatic rings. The van der Waals surface area contributed by atoms with Crippen LogP contribution in [0, 0.1) is 0 Å². The van der Waals surface area contributed by atoms with Crippen molar-refractivity contribution >= 4 is 21.2 Å². The monoisotopic (exact) mass is 478 g/mol. The number of aromatic nitrogens is 3. The minimum atomic E-state index is -4.33. The van der Waals surface area contributed by atoms with Crippen LogP contribution in [0.25, 0.3) is 0 Å². The summed E-state index contributed by atoms with van der Waals surface area (Å²) in [4.78, 5) is 2.45. The van der Waals surface area contributed by atoms with Crippen molar-refractivity contribution in [3.8, 4) is 0 Å². The molecule has 12 heteroatoms. The standard InChI is InChI=1S/C19H25F3N4O3S2/c1-13-10-18(15-9-17(19(20,21)22)30-16(15)3-7-29-18)4-5-25(13)11-14-12-26(24-23-14)6-8-31(2,27)28/h9,12-13H,3-8,10-11H2,1-2H3/t13-,18+/m0/s1. The number of nitrogens with zero attached hydrogens (tertiary/aromatic N) is 4. The van der Waals surface area contributed by atoms with Crippen LogP contribution < -0.4 is 0 Å². The first kappa shape index (κ1) is 22.7. The van der Waals surface area contributed by atoms with E-state index in [1.54, 1.807) is 6.20 Å². The van der Waals surface area contributed by atoms with Gasteiger partial charge in [-0.1, -0.05) is 5.21 Å². The fraction of sp³-hybridized carbons (Fsp3) is 0.684. The van der Waals surface area contributed by atoms with Crippen LogP contribution in [0.1, 0.15) is 40.8 Å². The molecule has 0 bridgehead atoms. The van der Waals surface area contributed by atoms with E-state index in [0.29, 0.717) is 44.5 Å². The zero-order valence-corrected chi connectivity index (χ0v) is 19.0. The molecule has 2 aromatic rings. The normalized spacial score (nSPS) is 25.1. The van der Waals surface area contributed by atoms with Gasteiger partial charge in [-0.15, -0.1) is 16.4 Å². The number of fused-ring (bicyclic) bond motifs is 2. The molecule has 7 nitrogen and oxygen atoms in total. The third-order valence-electron chi connectivity index (χ3n) is 5.98. The first-order chi connectivity index (χ1) is 14.5. The van der Waals surface area contributed by atoms with Crippen molar-refractivity contribution < 1.29 is 26.3 Å². The molecule has 4 rings (SSSR count). The zero-order chi connectivity index (χ0) is 22.4. The van der Waals surface area contributed by atoms with Gasteiger partial charge >= 0.3 is 6.18 Å². The van der Waals surface area contributed by atoms with Crippen molar-refractivity contribution in [3.63, 3.8) is 0 Å². The summed E-state index contributed by atoms with van der Waals surface area (Å²) in [5, 5.41) is 8.13. The van der Waals surface area contributed by atoms with Crippen LogP contribution in [0.15, 0.2) is 12.3 Å². The molecule has 0 aliphatic carbocycles. The second kappa shape index (κ2) is 8.13. The molecule has 0 saturated carbocycles. The number of aryl methyl sites for hydroxylation is 1. The molecule has 0 aromatic carbocycles. The maximum Gasteiger partial charge on any atom is 0.425 e. The van der Waals surface area contributed by atoms with Crippen LogP contribution in [-0.4, -0.2) is 59.5 Å². The number of ether oxygens (including phenoxy) is 1. The number of hydrogen-bond acceptors (Lipinski definition) is 7. The molecular weight excluding hydrogens is 453 g/mol. The summed E-state index contributed by atoms with van der Waals surface area (Å²) in [5.41, 5.74) is 0.766.